The van der Waals surface area contributed by atoms with Gasteiger partial charge in [-0.2, -0.15) is 8.78 Å². The molecule has 0 radical (unpaired) electrons. The summed E-state index contributed by atoms with van der Waals surface area (Å²) in [5, 5.41) is 1.32. The lowest BCUT2D eigenvalue weighted by Gasteiger charge is -2.32. The summed E-state index contributed by atoms with van der Waals surface area (Å²) >= 11 is 0.376. The number of imidazole rings is 1. The van der Waals surface area contributed by atoms with Gasteiger partial charge in [0.05, 0.1) is 18.1 Å². The van der Waals surface area contributed by atoms with Crippen LogP contribution in [-0.2, 0) is 11.3 Å². The maximum Gasteiger partial charge on any atom is 0.291 e. The number of carbonyl (C=O) groups is 1. The van der Waals surface area contributed by atoms with Crippen LogP contribution < -0.4 is 4.74 Å². The van der Waals surface area contributed by atoms with Gasteiger partial charge in [0.1, 0.15) is 12.3 Å². The van der Waals surface area contributed by atoms with Gasteiger partial charge in [-0.15, -0.1) is 0 Å². The molecule has 5 rings (SSSR count). The molecule has 6 nitrogen and oxygen atoms in total. The molecule has 33 heavy (non-hydrogen) atoms. The van der Waals surface area contributed by atoms with Crippen molar-refractivity contribution in [2.24, 2.45) is 0 Å². The number of ether oxygens (including phenoxy) is 1. The first-order valence-corrected chi connectivity index (χ1v) is 11.7. The summed E-state index contributed by atoms with van der Waals surface area (Å²) in [6.07, 6.45) is 3.75. The molecule has 4 aromatic rings. The Labute approximate surface area is 193 Å². The molecule has 0 bridgehead atoms. The minimum Gasteiger partial charge on any atom is -0.497 e. The summed E-state index contributed by atoms with van der Waals surface area (Å²) in [7, 11) is 1.66. The van der Waals surface area contributed by atoms with Gasteiger partial charge in [0, 0.05) is 30.2 Å². The number of H-pyrrole nitrogens is 1. The number of methoxy groups -OCH3 is 1. The average Bonchev–Trinajstić information content (AvgIpc) is 3.39. The molecule has 2 aromatic heterocycles. The zero-order chi connectivity index (χ0) is 22.9. The van der Waals surface area contributed by atoms with E-state index in [1.165, 1.54) is 5.56 Å². The van der Waals surface area contributed by atoms with Crippen LogP contribution >= 0.6 is 11.8 Å². The van der Waals surface area contributed by atoms with E-state index in [-0.39, 0.29) is 17.6 Å². The Morgan fingerprint density at radius 2 is 2.03 bits per heavy atom. The maximum absolute atomic E-state index is 13.1. The molecule has 9 heteroatoms. The number of alkyl halides is 2. The lowest BCUT2D eigenvalue weighted by Crippen LogP contribution is -2.39. The van der Waals surface area contributed by atoms with Gasteiger partial charge in [-0.25, -0.2) is 4.98 Å². The van der Waals surface area contributed by atoms with Gasteiger partial charge in [-0.1, -0.05) is 12.1 Å². The van der Waals surface area contributed by atoms with E-state index in [9.17, 15) is 13.6 Å². The van der Waals surface area contributed by atoms with E-state index in [1.807, 2.05) is 41.3 Å². The fraction of sp³-hybridized carbons (Fsp3) is 0.333. The molecule has 172 valence electrons. The standard InChI is InChI=1S/C24H24F2N4O2S/c1-32-16-6-7-19-17(12-16)18(13-27-19)15-8-10-29(11-9-15)22(31)14-30-21-5-3-2-4-20(21)28-24(30)33-23(25)26/h2-7,12-13,15,23,27H,8-11,14H2,1H3. The van der Waals surface area contributed by atoms with Crippen molar-refractivity contribution < 1.29 is 18.3 Å². The number of aromatic nitrogens is 3. The number of aromatic amines is 1. The highest BCUT2D eigenvalue weighted by atomic mass is 32.2. The lowest BCUT2D eigenvalue weighted by molar-refractivity contribution is -0.132. The Morgan fingerprint density at radius 1 is 1.24 bits per heavy atom. The Balaban J connectivity index is 1.30. The number of rotatable bonds is 6. The van der Waals surface area contributed by atoms with Crippen molar-refractivity contribution in [3.8, 4) is 5.75 Å². The van der Waals surface area contributed by atoms with Crippen molar-refractivity contribution in [2.45, 2.75) is 36.2 Å². The van der Waals surface area contributed by atoms with Crippen LogP contribution in [0.5, 0.6) is 5.75 Å². The first kappa shape index (κ1) is 21.8. The van der Waals surface area contributed by atoms with Crippen LogP contribution in [0.15, 0.2) is 53.8 Å². The van der Waals surface area contributed by atoms with E-state index < -0.39 is 5.76 Å². The van der Waals surface area contributed by atoms with E-state index in [4.69, 9.17) is 4.74 Å². The van der Waals surface area contributed by atoms with Crippen molar-refractivity contribution in [1.82, 2.24) is 19.4 Å². The third kappa shape index (κ3) is 4.29. The zero-order valence-corrected chi connectivity index (χ0v) is 18.9. The van der Waals surface area contributed by atoms with Crippen LogP contribution in [0.3, 0.4) is 0 Å². The summed E-state index contributed by atoms with van der Waals surface area (Å²) in [5.41, 5.74) is 3.62. The summed E-state index contributed by atoms with van der Waals surface area (Å²) < 4.78 is 33.1. The number of nitrogens with one attached hydrogen (secondary N) is 1. The molecule has 1 amide bonds. The van der Waals surface area contributed by atoms with Gasteiger partial charge in [-0.05, 0) is 66.4 Å². The normalized spacial score (nSPS) is 15.1. The zero-order valence-electron chi connectivity index (χ0n) is 18.1. The molecule has 3 heterocycles. The van der Waals surface area contributed by atoms with Gasteiger partial charge in [0.25, 0.3) is 5.76 Å². The number of thioether (sulfide) groups is 1. The molecule has 0 aliphatic carbocycles. The summed E-state index contributed by atoms with van der Waals surface area (Å²) in [6, 6.07) is 13.2. The van der Waals surface area contributed by atoms with Gasteiger partial charge < -0.3 is 19.2 Å². The fourth-order valence-corrected chi connectivity index (χ4v) is 5.24. The van der Waals surface area contributed by atoms with E-state index in [0.717, 1.165) is 29.5 Å². The minimum atomic E-state index is -2.60. The second kappa shape index (κ2) is 9.05. The molecular formula is C24H24F2N4O2S. The molecule has 0 spiro atoms. The van der Waals surface area contributed by atoms with Crippen LogP contribution in [0.25, 0.3) is 21.9 Å². The van der Waals surface area contributed by atoms with Crippen molar-refractivity contribution in [1.29, 1.82) is 0 Å². The number of amides is 1. The first-order valence-electron chi connectivity index (χ1n) is 10.9. The third-order valence-electron chi connectivity index (χ3n) is 6.32. The molecule has 2 aromatic carbocycles. The number of benzene rings is 2. The quantitative estimate of drug-likeness (QED) is 0.391. The molecule has 1 saturated heterocycles. The Kier molecular flexibility index (Phi) is 5.97. The van der Waals surface area contributed by atoms with Crippen molar-refractivity contribution >= 4 is 39.6 Å². The average molecular weight is 471 g/mol. The molecule has 1 aliphatic rings. The monoisotopic (exact) mass is 470 g/mol. The van der Waals surface area contributed by atoms with E-state index in [0.29, 0.717) is 41.8 Å². The minimum absolute atomic E-state index is 0.00448. The number of carbonyl (C=O) groups excluding carboxylic acids is 1. The molecule has 1 aliphatic heterocycles. The van der Waals surface area contributed by atoms with Gasteiger partial charge >= 0.3 is 0 Å². The molecule has 1 fully saturated rings. The number of hydrogen-bond donors (Lipinski definition) is 1. The maximum atomic E-state index is 13.1. The first-order chi connectivity index (χ1) is 16.0. The van der Waals surface area contributed by atoms with E-state index in [1.54, 1.807) is 17.7 Å². The number of piperidine rings is 1. The van der Waals surface area contributed by atoms with E-state index >= 15 is 0 Å². The predicted molar refractivity (Wildman–Crippen MR) is 125 cm³/mol. The molecule has 0 atom stereocenters. The highest BCUT2D eigenvalue weighted by Crippen LogP contribution is 2.35. The van der Waals surface area contributed by atoms with Crippen molar-refractivity contribution in [2.75, 3.05) is 20.2 Å². The summed E-state index contributed by atoms with van der Waals surface area (Å²) in [6.45, 7) is 1.26. The summed E-state index contributed by atoms with van der Waals surface area (Å²) in [4.78, 5) is 22.6. The highest BCUT2D eigenvalue weighted by Gasteiger charge is 2.27. The fourth-order valence-electron chi connectivity index (χ4n) is 4.64. The second-order valence-electron chi connectivity index (χ2n) is 8.16. The number of para-hydroxylation sites is 2. The molecule has 1 N–H and O–H groups in total. The smallest absolute Gasteiger partial charge is 0.291 e. The van der Waals surface area contributed by atoms with Crippen molar-refractivity contribution in [3.63, 3.8) is 0 Å². The lowest BCUT2D eigenvalue weighted by atomic mass is 9.89. The predicted octanol–water partition coefficient (Wildman–Crippen LogP) is 5.25. The van der Waals surface area contributed by atoms with Gasteiger partial charge in [-0.3, -0.25) is 4.79 Å². The second-order valence-corrected chi connectivity index (χ2v) is 9.12. The topological polar surface area (TPSA) is 63.1 Å². The van der Waals surface area contributed by atoms with Gasteiger partial charge in [0.15, 0.2) is 5.16 Å². The number of halogens is 2. The molecule has 0 unspecified atom stereocenters. The SMILES string of the molecule is COc1ccc2[nH]cc(C3CCN(C(=O)Cn4c(SC(F)F)nc5ccccc54)CC3)c2c1. The molecule has 0 saturated carbocycles. The van der Waals surface area contributed by atoms with Gasteiger partial charge in [0.2, 0.25) is 5.91 Å². The molecular weight excluding hydrogens is 446 g/mol. The number of nitrogens with zero attached hydrogens (tertiary/aromatic N) is 3. The highest BCUT2D eigenvalue weighted by molar-refractivity contribution is 7.99. The van der Waals surface area contributed by atoms with E-state index in [2.05, 4.69) is 16.2 Å². The van der Waals surface area contributed by atoms with Crippen LogP contribution in [0.4, 0.5) is 8.78 Å². The van der Waals surface area contributed by atoms with Crippen LogP contribution in [-0.4, -0.2) is 51.3 Å². The Hall–Kier alpha value is -3.07. The number of fused-ring (bicyclic) bond motifs is 2. The Morgan fingerprint density at radius 3 is 2.79 bits per heavy atom. The third-order valence-corrected chi connectivity index (χ3v) is 7.02. The number of hydrogen-bond acceptors (Lipinski definition) is 4. The van der Waals surface area contributed by atoms with Crippen molar-refractivity contribution in [3.05, 3.63) is 54.2 Å². The van der Waals surface area contributed by atoms with Crippen LogP contribution in [0.2, 0.25) is 0 Å². The Bertz CT molecular complexity index is 1290. The van der Waals surface area contributed by atoms with Crippen LogP contribution in [0.1, 0.15) is 24.3 Å². The summed E-state index contributed by atoms with van der Waals surface area (Å²) in [5.74, 6) is -1.51. The largest absolute Gasteiger partial charge is 0.497 e. The van der Waals surface area contributed by atoms with Crippen LogP contribution in [0, 0.1) is 0 Å². The number of likely N-dealkylation sites (tertiary alicyclic amines) is 1.